The van der Waals surface area contributed by atoms with Crippen LogP contribution < -0.4 is 4.74 Å². The van der Waals surface area contributed by atoms with E-state index >= 15 is 0 Å². The number of halogens is 3. The van der Waals surface area contributed by atoms with Gasteiger partial charge in [0, 0.05) is 19.2 Å². The second-order valence-corrected chi connectivity index (χ2v) is 6.38. The highest BCUT2D eigenvalue weighted by Gasteiger charge is 2.45. The summed E-state index contributed by atoms with van der Waals surface area (Å²) in [6.07, 6.45) is -6.70. The van der Waals surface area contributed by atoms with Crippen LogP contribution in [0.5, 0.6) is 5.75 Å². The van der Waals surface area contributed by atoms with Crippen LogP contribution in [-0.2, 0) is 14.8 Å². The first-order valence-electron chi connectivity index (χ1n) is 6.07. The molecule has 1 aliphatic heterocycles. The number of rotatable bonds is 3. The monoisotopic (exact) mass is 325 g/mol. The van der Waals surface area contributed by atoms with Crippen LogP contribution in [0.25, 0.3) is 0 Å². The fourth-order valence-corrected chi connectivity index (χ4v) is 3.41. The highest BCUT2D eigenvalue weighted by atomic mass is 32.2. The van der Waals surface area contributed by atoms with Crippen LogP contribution >= 0.6 is 0 Å². The maximum absolute atomic E-state index is 12.7. The molecule has 0 aliphatic carbocycles. The number of hydrogen-bond acceptors (Lipinski definition) is 4. The van der Waals surface area contributed by atoms with Crippen molar-refractivity contribution in [2.75, 3.05) is 26.8 Å². The molecule has 0 N–H and O–H groups in total. The quantitative estimate of drug-likeness (QED) is 0.848. The molecule has 1 heterocycles. The van der Waals surface area contributed by atoms with Crippen molar-refractivity contribution in [1.82, 2.24) is 4.31 Å². The summed E-state index contributed by atoms with van der Waals surface area (Å²) in [6, 6.07) is 5.60. The van der Waals surface area contributed by atoms with Gasteiger partial charge in [-0.2, -0.15) is 17.5 Å². The topological polar surface area (TPSA) is 55.8 Å². The molecule has 2 rings (SSSR count). The van der Waals surface area contributed by atoms with E-state index in [9.17, 15) is 21.6 Å². The van der Waals surface area contributed by atoms with Crippen LogP contribution in [-0.4, -0.2) is 51.8 Å². The maximum Gasteiger partial charge on any atom is 0.415 e. The molecule has 1 aromatic rings. The van der Waals surface area contributed by atoms with E-state index in [1.54, 1.807) is 6.07 Å². The number of sulfonamides is 1. The van der Waals surface area contributed by atoms with Gasteiger partial charge in [0.1, 0.15) is 5.75 Å². The molecule has 1 aromatic carbocycles. The zero-order chi connectivity index (χ0) is 15.7. The van der Waals surface area contributed by atoms with Crippen LogP contribution in [0.1, 0.15) is 0 Å². The first kappa shape index (κ1) is 16.1. The van der Waals surface area contributed by atoms with Gasteiger partial charge >= 0.3 is 6.18 Å². The summed E-state index contributed by atoms with van der Waals surface area (Å²) in [7, 11) is -2.64. The van der Waals surface area contributed by atoms with E-state index in [-0.39, 0.29) is 18.0 Å². The van der Waals surface area contributed by atoms with Crippen LogP contribution in [0.3, 0.4) is 0 Å². The normalized spacial score (nSPS) is 21.2. The van der Waals surface area contributed by atoms with Gasteiger partial charge in [-0.3, -0.25) is 0 Å². The molecule has 118 valence electrons. The third kappa shape index (κ3) is 3.47. The summed E-state index contributed by atoms with van der Waals surface area (Å²) < 4.78 is 73.0. The lowest BCUT2D eigenvalue weighted by Gasteiger charge is -2.33. The Morgan fingerprint density at radius 1 is 1.38 bits per heavy atom. The summed E-state index contributed by atoms with van der Waals surface area (Å²) in [6.45, 7) is -1.16. The predicted octanol–water partition coefficient (Wildman–Crippen LogP) is 1.65. The van der Waals surface area contributed by atoms with E-state index in [1.165, 1.54) is 25.3 Å². The van der Waals surface area contributed by atoms with E-state index in [0.717, 1.165) is 4.31 Å². The van der Waals surface area contributed by atoms with Crippen LogP contribution in [0.4, 0.5) is 13.2 Å². The number of hydrogen-bond donors (Lipinski definition) is 0. The molecule has 21 heavy (non-hydrogen) atoms. The Labute approximate surface area is 120 Å². The minimum Gasteiger partial charge on any atom is -0.497 e. The zero-order valence-corrected chi connectivity index (χ0v) is 11.9. The molecular formula is C12H14F3NO4S. The number of methoxy groups -OCH3 is 1. The summed E-state index contributed by atoms with van der Waals surface area (Å²) >= 11 is 0. The number of benzene rings is 1. The number of ether oxygens (including phenoxy) is 2. The molecular weight excluding hydrogens is 311 g/mol. The Morgan fingerprint density at radius 3 is 2.71 bits per heavy atom. The molecule has 1 atom stereocenters. The predicted molar refractivity (Wildman–Crippen MR) is 67.5 cm³/mol. The van der Waals surface area contributed by atoms with Gasteiger partial charge in [0.25, 0.3) is 0 Å². The van der Waals surface area contributed by atoms with E-state index in [4.69, 9.17) is 4.74 Å². The summed E-state index contributed by atoms with van der Waals surface area (Å²) in [4.78, 5) is -0.107. The highest BCUT2D eigenvalue weighted by Crippen LogP contribution is 2.29. The van der Waals surface area contributed by atoms with Crippen molar-refractivity contribution in [1.29, 1.82) is 0 Å². The minimum absolute atomic E-state index is 0.107. The van der Waals surface area contributed by atoms with Gasteiger partial charge in [-0.25, -0.2) is 8.42 Å². The molecule has 0 spiro atoms. The van der Waals surface area contributed by atoms with Crippen molar-refractivity contribution in [2.45, 2.75) is 17.2 Å². The molecule has 0 aromatic heterocycles. The van der Waals surface area contributed by atoms with E-state index < -0.39 is 28.8 Å². The third-order valence-corrected chi connectivity index (χ3v) is 4.93. The number of morpholine rings is 1. The second kappa shape index (κ2) is 5.82. The van der Waals surface area contributed by atoms with Gasteiger partial charge in [0.2, 0.25) is 10.0 Å². The smallest absolute Gasteiger partial charge is 0.415 e. The van der Waals surface area contributed by atoms with Crippen molar-refractivity contribution in [3.8, 4) is 5.75 Å². The maximum atomic E-state index is 12.7. The molecule has 0 amide bonds. The summed E-state index contributed by atoms with van der Waals surface area (Å²) in [5.41, 5.74) is 0. The summed E-state index contributed by atoms with van der Waals surface area (Å²) in [5, 5.41) is 0. The Morgan fingerprint density at radius 2 is 2.10 bits per heavy atom. The highest BCUT2D eigenvalue weighted by molar-refractivity contribution is 7.89. The van der Waals surface area contributed by atoms with E-state index in [2.05, 4.69) is 4.74 Å². The standard InChI is InChI=1S/C12H14F3NO4S/c1-19-9-3-2-4-10(7-9)21(17,18)16-5-6-20-11(8-16)12(13,14)15/h2-4,7,11H,5-6,8H2,1H3. The number of alkyl halides is 3. The van der Waals surface area contributed by atoms with Gasteiger partial charge in [0.15, 0.2) is 6.10 Å². The SMILES string of the molecule is COc1cccc(S(=O)(=O)N2CCOC(C(F)(F)F)C2)c1. The molecule has 1 fully saturated rings. The Hall–Kier alpha value is -1.32. The third-order valence-electron chi connectivity index (χ3n) is 3.07. The zero-order valence-electron chi connectivity index (χ0n) is 11.1. The average Bonchev–Trinajstić information content (AvgIpc) is 2.46. The Kier molecular flexibility index (Phi) is 4.45. The van der Waals surface area contributed by atoms with Gasteiger partial charge in [0.05, 0.1) is 18.6 Å². The fourth-order valence-electron chi connectivity index (χ4n) is 1.95. The lowest BCUT2D eigenvalue weighted by Crippen LogP contribution is -2.51. The molecule has 0 saturated carbocycles. The van der Waals surface area contributed by atoms with Crippen molar-refractivity contribution < 1.29 is 31.1 Å². The molecule has 9 heteroatoms. The lowest BCUT2D eigenvalue weighted by molar-refractivity contribution is -0.231. The van der Waals surface area contributed by atoms with Crippen LogP contribution in [0.2, 0.25) is 0 Å². The van der Waals surface area contributed by atoms with E-state index in [0.29, 0.717) is 5.75 Å². The van der Waals surface area contributed by atoms with Gasteiger partial charge in [-0.05, 0) is 12.1 Å². The molecule has 1 saturated heterocycles. The second-order valence-electron chi connectivity index (χ2n) is 4.44. The molecule has 0 radical (unpaired) electrons. The van der Waals surface area contributed by atoms with Crippen LogP contribution in [0.15, 0.2) is 29.2 Å². The van der Waals surface area contributed by atoms with Crippen molar-refractivity contribution in [2.24, 2.45) is 0 Å². The number of nitrogens with zero attached hydrogens (tertiary/aromatic N) is 1. The van der Waals surface area contributed by atoms with Crippen molar-refractivity contribution >= 4 is 10.0 Å². The van der Waals surface area contributed by atoms with Gasteiger partial charge < -0.3 is 9.47 Å². The van der Waals surface area contributed by atoms with E-state index in [1.807, 2.05) is 0 Å². The molecule has 1 unspecified atom stereocenters. The first-order valence-corrected chi connectivity index (χ1v) is 7.51. The molecule has 0 bridgehead atoms. The first-order chi connectivity index (χ1) is 9.75. The van der Waals surface area contributed by atoms with Crippen molar-refractivity contribution in [3.05, 3.63) is 24.3 Å². The fraction of sp³-hybridized carbons (Fsp3) is 0.500. The van der Waals surface area contributed by atoms with Gasteiger partial charge in [-0.1, -0.05) is 6.07 Å². The molecule has 1 aliphatic rings. The Bertz CT molecular complexity index is 603. The minimum atomic E-state index is -4.59. The van der Waals surface area contributed by atoms with Crippen LogP contribution in [0, 0.1) is 0 Å². The van der Waals surface area contributed by atoms with Crippen molar-refractivity contribution in [3.63, 3.8) is 0 Å². The lowest BCUT2D eigenvalue weighted by atomic mass is 10.3. The van der Waals surface area contributed by atoms with Gasteiger partial charge in [-0.15, -0.1) is 0 Å². The Balaban J connectivity index is 2.26. The summed E-state index contributed by atoms with van der Waals surface area (Å²) in [5.74, 6) is 0.316. The molecule has 5 nitrogen and oxygen atoms in total. The largest absolute Gasteiger partial charge is 0.497 e. The average molecular weight is 325 g/mol.